The number of H-pyrrole nitrogens is 1. The van der Waals surface area contributed by atoms with Crippen molar-refractivity contribution >= 4 is 38.4 Å². The van der Waals surface area contributed by atoms with Crippen molar-refractivity contribution in [2.24, 2.45) is 0 Å². The van der Waals surface area contributed by atoms with Crippen LogP contribution in [0, 0.1) is 5.82 Å². The number of fused-ring (bicyclic) bond motifs is 1. The molecule has 2 fully saturated rings. The van der Waals surface area contributed by atoms with E-state index in [9.17, 15) is 18.0 Å². The number of nitrogen functional groups attached to an aromatic ring is 1. The number of ether oxygens (including phenoxy) is 1. The number of nitrogens with one attached hydrogen (secondary N) is 1. The van der Waals surface area contributed by atoms with Gasteiger partial charge in [-0.05, 0) is 30.7 Å². The van der Waals surface area contributed by atoms with Gasteiger partial charge in [-0.3, -0.25) is 9.89 Å². The second-order valence-electron chi connectivity index (χ2n) is 10.7. The molecule has 224 valence electrons. The molecule has 13 nitrogen and oxygen atoms in total. The van der Waals surface area contributed by atoms with Gasteiger partial charge in [-0.25, -0.2) is 27.2 Å². The Hall–Kier alpha value is -4.63. The van der Waals surface area contributed by atoms with Gasteiger partial charge in [0.25, 0.3) is 0 Å². The topological polar surface area (TPSA) is 169 Å². The van der Waals surface area contributed by atoms with Gasteiger partial charge in [-0.2, -0.15) is 10.1 Å². The maximum absolute atomic E-state index is 15.8. The predicted octanol–water partition coefficient (Wildman–Crippen LogP) is 1.63. The van der Waals surface area contributed by atoms with Crippen molar-refractivity contribution in [3.8, 4) is 16.9 Å². The number of benzene rings is 1. The van der Waals surface area contributed by atoms with Crippen LogP contribution in [0.2, 0.25) is 0 Å². The summed E-state index contributed by atoms with van der Waals surface area (Å²) in [6, 6.07) is 5.67. The van der Waals surface area contributed by atoms with E-state index < -0.39 is 21.3 Å². The summed E-state index contributed by atoms with van der Waals surface area (Å²) in [5, 5.41) is 6.60. The Bertz CT molecular complexity index is 1950. The highest BCUT2D eigenvalue weighted by Gasteiger charge is 2.33. The van der Waals surface area contributed by atoms with Crippen molar-refractivity contribution in [2.45, 2.75) is 23.8 Å². The molecular formula is C28H29FN8O5S. The summed E-state index contributed by atoms with van der Waals surface area (Å²) in [5.74, 6) is -0.920. The maximum Gasteiger partial charge on any atom is 0.355 e. The number of nitrogens with zero attached hydrogens (tertiary/aromatic N) is 6. The third kappa shape index (κ3) is 4.83. The predicted molar refractivity (Wildman–Crippen MR) is 157 cm³/mol. The van der Waals surface area contributed by atoms with Gasteiger partial charge in [0.15, 0.2) is 21.3 Å². The molecule has 2 aliphatic rings. The minimum Gasteiger partial charge on any atom is -0.384 e. The van der Waals surface area contributed by atoms with Crippen LogP contribution in [0.15, 0.2) is 52.8 Å². The minimum absolute atomic E-state index is 0.0126. The molecule has 5 heterocycles. The van der Waals surface area contributed by atoms with Gasteiger partial charge in [-0.1, -0.05) is 18.7 Å². The van der Waals surface area contributed by atoms with Crippen molar-refractivity contribution in [3.63, 3.8) is 0 Å². The fourth-order valence-electron chi connectivity index (χ4n) is 5.62. The number of nitrogens with two attached hydrogens (primary N) is 1. The smallest absolute Gasteiger partial charge is 0.355 e. The van der Waals surface area contributed by atoms with Gasteiger partial charge in [0.1, 0.15) is 17.3 Å². The molecule has 2 aliphatic heterocycles. The first-order valence-corrected chi connectivity index (χ1v) is 15.4. The third-order valence-corrected chi connectivity index (χ3v) is 8.97. The molecule has 4 aromatic rings. The van der Waals surface area contributed by atoms with Crippen LogP contribution in [0.3, 0.4) is 0 Å². The van der Waals surface area contributed by atoms with Crippen molar-refractivity contribution in [1.82, 2.24) is 29.6 Å². The number of anilines is 2. The van der Waals surface area contributed by atoms with E-state index in [-0.39, 0.29) is 62.4 Å². The molecule has 0 saturated carbocycles. The lowest BCUT2D eigenvalue weighted by Gasteiger charge is -2.40. The Morgan fingerprint density at radius 2 is 2.02 bits per heavy atom. The van der Waals surface area contributed by atoms with Gasteiger partial charge in [0.2, 0.25) is 5.91 Å². The van der Waals surface area contributed by atoms with E-state index in [4.69, 9.17) is 10.5 Å². The van der Waals surface area contributed by atoms with Crippen molar-refractivity contribution < 1.29 is 22.3 Å². The van der Waals surface area contributed by atoms with Crippen LogP contribution in [0.5, 0.6) is 0 Å². The molecule has 6 rings (SSSR count). The van der Waals surface area contributed by atoms with Gasteiger partial charge in [0, 0.05) is 37.8 Å². The number of hydrogen-bond acceptors (Lipinski definition) is 10. The van der Waals surface area contributed by atoms with Gasteiger partial charge in [0.05, 0.1) is 40.9 Å². The molecule has 0 unspecified atom stereocenters. The SMILES string of the molecule is C=CC(=O)N1CCN(c2nc(=O)n(-c3c(C4COC4)cccc3S(C)(=O)=O)c3nc(-c4cn[nH]c4N)c(F)cc23)[C@@H](C)C1. The highest BCUT2D eigenvalue weighted by Crippen LogP contribution is 2.37. The lowest BCUT2D eigenvalue weighted by molar-refractivity contribution is -0.126. The summed E-state index contributed by atoms with van der Waals surface area (Å²) in [7, 11) is -3.85. The lowest BCUT2D eigenvalue weighted by Crippen LogP contribution is -2.54. The summed E-state index contributed by atoms with van der Waals surface area (Å²) in [6.07, 6.45) is 3.61. The number of piperazine rings is 1. The Morgan fingerprint density at radius 3 is 2.63 bits per heavy atom. The summed E-state index contributed by atoms with van der Waals surface area (Å²) in [5.41, 5.74) is 5.83. The monoisotopic (exact) mass is 608 g/mol. The lowest BCUT2D eigenvalue weighted by atomic mass is 9.95. The third-order valence-electron chi connectivity index (χ3n) is 7.84. The Balaban J connectivity index is 1.66. The second-order valence-corrected chi connectivity index (χ2v) is 12.7. The highest BCUT2D eigenvalue weighted by atomic mass is 32.2. The number of pyridine rings is 1. The average Bonchev–Trinajstić information content (AvgIpc) is 3.36. The van der Waals surface area contributed by atoms with E-state index in [1.807, 2.05) is 11.8 Å². The maximum atomic E-state index is 15.8. The number of carbonyl (C=O) groups is 1. The van der Waals surface area contributed by atoms with Gasteiger partial charge >= 0.3 is 5.69 Å². The highest BCUT2D eigenvalue weighted by molar-refractivity contribution is 7.90. The molecule has 2 saturated heterocycles. The summed E-state index contributed by atoms with van der Waals surface area (Å²) < 4.78 is 48.4. The number of carbonyl (C=O) groups excluding carboxylic acids is 1. The number of rotatable bonds is 6. The fraction of sp³-hybridized carbons (Fsp3) is 0.321. The van der Waals surface area contributed by atoms with Crippen LogP contribution >= 0.6 is 0 Å². The molecule has 0 radical (unpaired) electrons. The number of para-hydroxylation sites is 1. The van der Waals surface area contributed by atoms with E-state index in [2.05, 4.69) is 26.7 Å². The minimum atomic E-state index is -3.85. The Labute approximate surface area is 245 Å². The van der Waals surface area contributed by atoms with Crippen molar-refractivity contribution in [2.75, 3.05) is 49.7 Å². The van der Waals surface area contributed by atoms with Crippen LogP contribution < -0.4 is 16.3 Å². The molecule has 3 aromatic heterocycles. The van der Waals surface area contributed by atoms with Crippen LogP contribution in [0.4, 0.5) is 16.0 Å². The number of sulfone groups is 1. The Morgan fingerprint density at radius 1 is 1.26 bits per heavy atom. The largest absolute Gasteiger partial charge is 0.384 e. The zero-order chi connectivity index (χ0) is 30.6. The zero-order valence-corrected chi connectivity index (χ0v) is 24.3. The van der Waals surface area contributed by atoms with E-state index in [0.29, 0.717) is 38.4 Å². The van der Waals surface area contributed by atoms with Crippen LogP contribution in [-0.2, 0) is 19.4 Å². The number of aromatic amines is 1. The number of aromatic nitrogens is 5. The molecule has 0 bridgehead atoms. The van der Waals surface area contributed by atoms with Gasteiger partial charge in [-0.15, -0.1) is 0 Å². The summed E-state index contributed by atoms with van der Waals surface area (Å²) in [4.78, 5) is 38.7. The molecule has 3 N–H and O–H groups in total. The van der Waals surface area contributed by atoms with E-state index in [1.165, 1.54) is 24.4 Å². The second kappa shape index (κ2) is 10.6. The van der Waals surface area contributed by atoms with Crippen molar-refractivity contribution in [3.05, 3.63) is 65.0 Å². The molecule has 1 aromatic carbocycles. The number of amides is 1. The van der Waals surface area contributed by atoms with Gasteiger partial charge < -0.3 is 20.3 Å². The first-order valence-electron chi connectivity index (χ1n) is 13.5. The fourth-order valence-corrected chi connectivity index (χ4v) is 6.51. The standard InChI is InChI=1S/C28H29FN8O5S/c1-4-22(38)35-8-9-36(15(2)12-35)26-18-10-20(29)23(19-11-31-34-25(19)30)32-27(18)37(28(39)33-26)24-17(16-13-42-14-16)6-5-7-21(24)43(3,40)41/h4-7,10-11,15-16H,1,8-9,12-14H2,2-3H3,(H3,30,31,34)/t15-/m0/s1. The Kier molecular flexibility index (Phi) is 7.01. The van der Waals surface area contributed by atoms with Crippen molar-refractivity contribution in [1.29, 1.82) is 0 Å². The van der Waals surface area contributed by atoms with E-state index in [1.54, 1.807) is 17.0 Å². The van der Waals surface area contributed by atoms with Crippen LogP contribution in [-0.4, -0.2) is 89.1 Å². The molecular weight excluding hydrogens is 579 g/mol. The normalized spacial score (nSPS) is 17.7. The average molecular weight is 609 g/mol. The van der Waals surface area contributed by atoms with Crippen LogP contribution in [0.25, 0.3) is 28.0 Å². The summed E-state index contributed by atoms with van der Waals surface area (Å²) in [6.45, 7) is 7.03. The van der Waals surface area contributed by atoms with E-state index >= 15 is 4.39 Å². The van der Waals surface area contributed by atoms with E-state index in [0.717, 1.165) is 10.8 Å². The molecule has 15 heteroatoms. The zero-order valence-electron chi connectivity index (χ0n) is 23.4. The molecule has 1 amide bonds. The molecule has 1 atom stereocenters. The first-order chi connectivity index (χ1) is 20.5. The van der Waals surface area contributed by atoms with Crippen LogP contribution in [0.1, 0.15) is 18.4 Å². The quantitative estimate of drug-likeness (QED) is 0.307. The molecule has 0 aliphatic carbocycles. The number of hydrogen-bond donors (Lipinski definition) is 2. The first kappa shape index (κ1) is 28.5. The molecule has 43 heavy (non-hydrogen) atoms. The summed E-state index contributed by atoms with van der Waals surface area (Å²) >= 11 is 0. The number of halogens is 1. The molecule has 0 spiro atoms.